The van der Waals surface area contributed by atoms with Crippen molar-refractivity contribution in [2.24, 2.45) is 0 Å². The summed E-state index contributed by atoms with van der Waals surface area (Å²) in [4.78, 5) is 25.4. The molecule has 0 atom stereocenters. The van der Waals surface area contributed by atoms with Gasteiger partial charge in [-0.1, -0.05) is 6.07 Å². The highest BCUT2D eigenvalue weighted by atomic mass is 32.1. The third kappa shape index (κ3) is 5.80. The van der Waals surface area contributed by atoms with Crippen LogP contribution in [-0.2, 0) is 9.53 Å². The largest absolute Gasteiger partial charge is 0.493 e. The number of ether oxygens (including phenoxy) is 3. The van der Waals surface area contributed by atoms with Gasteiger partial charge in [-0.2, -0.15) is 0 Å². The standard InChI is InChI=1S/C21H24N2O5S2/c1-6-28-20(25)18-12(2)13(3)30-19(18)23-21(29)22-17(24)10-8-14-7-9-15(26-4)16(11-14)27-5/h7-11H,6H2,1-5H3,(H2,22,23,24,29)/b10-8+. The van der Waals surface area contributed by atoms with Crippen LogP contribution < -0.4 is 20.1 Å². The predicted molar refractivity (Wildman–Crippen MR) is 123 cm³/mol. The predicted octanol–water partition coefficient (Wildman–Crippen LogP) is 4.09. The van der Waals surface area contributed by atoms with Crippen LogP contribution in [0.4, 0.5) is 5.00 Å². The molecule has 1 heterocycles. The van der Waals surface area contributed by atoms with Gasteiger partial charge in [-0.15, -0.1) is 11.3 Å². The lowest BCUT2D eigenvalue weighted by Crippen LogP contribution is -2.33. The van der Waals surface area contributed by atoms with Crippen molar-refractivity contribution in [2.45, 2.75) is 20.8 Å². The van der Waals surface area contributed by atoms with E-state index in [-0.39, 0.29) is 11.7 Å². The van der Waals surface area contributed by atoms with Crippen molar-refractivity contribution in [1.82, 2.24) is 5.32 Å². The lowest BCUT2D eigenvalue weighted by atomic mass is 10.1. The minimum Gasteiger partial charge on any atom is -0.493 e. The molecule has 0 fully saturated rings. The van der Waals surface area contributed by atoms with Gasteiger partial charge < -0.3 is 19.5 Å². The molecule has 0 bridgehead atoms. The molecule has 0 aliphatic carbocycles. The van der Waals surface area contributed by atoms with Crippen molar-refractivity contribution in [2.75, 3.05) is 26.1 Å². The average Bonchev–Trinajstić information content (AvgIpc) is 2.99. The fraction of sp³-hybridized carbons (Fsp3) is 0.286. The summed E-state index contributed by atoms with van der Waals surface area (Å²) in [6.07, 6.45) is 2.98. The first kappa shape index (κ1) is 23.4. The van der Waals surface area contributed by atoms with Gasteiger partial charge in [0.1, 0.15) is 5.00 Å². The molecular formula is C21H24N2O5S2. The highest BCUT2D eigenvalue weighted by Crippen LogP contribution is 2.33. The van der Waals surface area contributed by atoms with Crippen LogP contribution >= 0.6 is 23.6 Å². The number of thiophene rings is 1. The number of amides is 1. The second kappa shape index (κ2) is 10.7. The van der Waals surface area contributed by atoms with E-state index >= 15 is 0 Å². The molecule has 0 aliphatic rings. The summed E-state index contributed by atoms with van der Waals surface area (Å²) in [7, 11) is 3.10. The molecule has 9 heteroatoms. The van der Waals surface area contributed by atoms with Crippen LogP contribution in [0.5, 0.6) is 11.5 Å². The SMILES string of the molecule is CCOC(=O)c1c(NC(=S)NC(=O)/C=C/c2ccc(OC)c(OC)c2)sc(C)c1C. The maximum Gasteiger partial charge on any atom is 0.341 e. The summed E-state index contributed by atoms with van der Waals surface area (Å²) in [5, 5.41) is 6.12. The molecule has 0 aliphatic heterocycles. The van der Waals surface area contributed by atoms with Gasteiger partial charge in [0.2, 0.25) is 5.91 Å². The number of carbonyl (C=O) groups is 2. The number of esters is 1. The van der Waals surface area contributed by atoms with Crippen LogP contribution in [0.3, 0.4) is 0 Å². The number of hydrogen-bond acceptors (Lipinski definition) is 7. The van der Waals surface area contributed by atoms with Gasteiger partial charge in [0.25, 0.3) is 0 Å². The monoisotopic (exact) mass is 448 g/mol. The van der Waals surface area contributed by atoms with Crippen molar-refractivity contribution < 1.29 is 23.8 Å². The average molecular weight is 449 g/mol. The minimum atomic E-state index is -0.427. The molecule has 160 valence electrons. The molecule has 2 aromatic rings. The summed E-state index contributed by atoms with van der Waals surface area (Å²) in [5.41, 5.74) is 2.01. The summed E-state index contributed by atoms with van der Waals surface area (Å²) >= 11 is 6.59. The number of thiocarbonyl (C=S) groups is 1. The van der Waals surface area contributed by atoms with Crippen LogP contribution in [0.1, 0.15) is 33.3 Å². The molecule has 2 N–H and O–H groups in total. The van der Waals surface area contributed by atoms with Crippen LogP contribution in [0.25, 0.3) is 6.08 Å². The zero-order valence-corrected chi connectivity index (χ0v) is 19.1. The van der Waals surface area contributed by atoms with Crippen molar-refractivity contribution in [3.63, 3.8) is 0 Å². The highest BCUT2D eigenvalue weighted by Gasteiger charge is 2.21. The highest BCUT2D eigenvalue weighted by molar-refractivity contribution is 7.80. The molecule has 1 aromatic heterocycles. The number of nitrogens with one attached hydrogen (secondary N) is 2. The van der Waals surface area contributed by atoms with E-state index < -0.39 is 11.9 Å². The second-order valence-corrected chi connectivity index (χ2v) is 7.73. The third-order valence-electron chi connectivity index (χ3n) is 4.16. The lowest BCUT2D eigenvalue weighted by molar-refractivity contribution is -0.115. The maximum absolute atomic E-state index is 12.2. The summed E-state index contributed by atoms with van der Waals surface area (Å²) in [6.45, 7) is 5.77. The number of anilines is 1. The van der Waals surface area contributed by atoms with Crippen LogP contribution in [-0.4, -0.2) is 37.8 Å². The molecule has 0 saturated heterocycles. The van der Waals surface area contributed by atoms with Crippen molar-refractivity contribution in [1.29, 1.82) is 0 Å². The van der Waals surface area contributed by atoms with Crippen molar-refractivity contribution >= 4 is 51.6 Å². The van der Waals surface area contributed by atoms with Crippen molar-refractivity contribution in [3.8, 4) is 11.5 Å². The third-order valence-corrected chi connectivity index (χ3v) is 5.49. The molecule has 1 amide bonds. The number of aryl methyl sites for hydroxylation is 1. The minimum absolute atomic E-state index is 0.0868. The molecule has 2 rings (SSSR count). The molecule has 0 spiro atoms. The van der Waals surface area contributed by atoms with E-state index in [4.69, 9.17) is 26.4 Å². The maximum atomic E-state index is 12.2. The molecule has 1 aromatic carbocycles. The number of rotatable bonds is 7. The zero-order chi connectivity index (χ0) is 22.3. The number of benzene rings is 1. The normalized spacial score (nSPS) is 10.6. The van der Waals surface area contributed by atoms with Gasteiger partial charge in [-0.25, -0.2) is 4.79 Å². The topological polar surface area (TPSA) is 85.9 Å². The van der Waals surface area contributed by atoms with E-state index in [9.17, 15) is 9.59 Å². The van der Waals surface area contributed by atoms with E-state index in [1.54, 1.807) is 45.4 Å². The lowest BCUT2D eigenvalue weighted by Gasteiger charge is -2.09. The Morgan fingerprint density at radius 1 is 1.17 bits per heavy atom. The first-order valence-corrected chi connectivity index (χ1v) is 10.3. The smallest absolute Gasteiger partial charge is 0.341 e. The van der Waals surface area contributed by atoms with Gasteiger partial charge in [0.05, 0.1) is 26.4 Å². The van der Waals surface area contributed by atoms with E-state index in [1.807, 2.05) is 13.8 Å². The van der Waals surface area contributed by atoms with E-state index in [0.717, 1.165) is 16.0 Å². The molecule has 30 heavy (non-hydrogen) atoms. The van der Waals surface area contributed by atoms with Gasteiger partial charge >= 0.3 is 5.97 Å². The van der Waals surface area contributed by atoms with E-state index in [1.165, 1.54) is 17.4 Å². The Balaban J connectivity index is 2.05. The fourth-order valence-corrected chi connectivity index (χ4v) is 3.90. The molecule has 0 saturated carbocycles. The number of hydrogen-bond donors (Lipinski definition) is 2. The van der Waals surface area contributed by atoms with Gasteiger partial charge in [0.15, 0.2) is 16.6 Å². The van der Waals surface area contributed by atoms with Crippen LogP contribution in [0.2, 0.25) is 0 Å². The van der Waals surface area contributed by atoms with E-state index in [0.29, 0.717) is 22.1 Å². The second-order valence-electron chi connectivity index (χ2n) is 6.10. The Hall–Kier alpha value is -2.91. The Bertz CT molecular complexity index is 982. The van der Waals surface area contributed by atoms with Crippen LogP contribution in [0.15, 0.2) is 24.3 Å². The Labute approximate surface area is 185 Å². The quantitative estimate of drug-likeness (QED) is 0.375. The summed E-state index contributed by atoms with van der Waals surface area (Å²) in [5.74, 6) is 0.324. The number of methoxy groups -OCH3 is 2. The van der Waals surface area contributed by atoms with Crippen molar-refractivity contribution in [3.05, 3.63) is 45.8 Å². The zero-order valence-electron chi connectivity index (χ0n) is 17.5. The first-order valence-electron chi connectivity index (χ1n) is 9.09. The molecule has 0 unspecified atom stereocenters. The van der Waals surface area contributed by atoms with Gasteiger partial charge in [-0.05, 0) is 62.3 Å². The van der Waals surface area contributed by atoms with Crippen LogP contribution in [0, 0.1) is 13.8 Å². The first-order chi connectivity index (χ1) is 14.3. The summed E-state index contributed by atoms with van der Waals surface area (Å²) in [6, 6.07) is 5.30. The molecule has 7 nitrogen and oxygen atoms in total. The summed E-state index contributed by atoms with van der Waals surface area (Å²) < 4.78 is 15.6. The molecule has 0 radical (unpaired) electrons. The van der Waals surface area contributed by atoms with Gasteiger partial charge in [0, 0.05) is 11.0 Å². The fourth-order valence-electron chi connectivity index (χ4n) is 2.58. The van der Waals surface area contributed by atoms with E-state index in [2.05, 4.69) is 10.6 Å². The Kier molecular flexibility index (Phi) is 8.37. The van der Waals surface area contributed by atoms with Gasteiger partial charge in [-0.3, -0.25) is 10.1 Å². The Morgan fingerprint density at radius 2 is 1.87 bits per heavy atom. The number of carbonyl (C=O) groups excluding carboxylic acids is 2. The Morgan fingerprint density at radius 3 is 2.50 bits per heavy atom. The molecular weight excluding hydrogens is 424 g/mol.